The van der Waals surface area contributed by atoms with Gasteiger partial charge in [-0.3, -0.25) is 0 Å². The lowest BCUT2D eigenvalue weighted by Crippen LogP contribution is -1.85. The van der Waals surface area contributed by atoms with Gasteiger partial charge in [0.25, 0.3) is 0 Å². The highest BCUT2D eigenvalue weighted by Crippen LogP contribution is 2.27. The van der Waals surface area contributed by atoms with Crippen LogP contribution in [0.2, 0.25) is 10.0 Å². The third-order valence-corrected chi connectivity index (χ3v) is 4.22. The second-order valence-electron chi connectivity index (χ2n) is 3.87. The molecule has 0 spiro atoms. The molecular formula is C14H12Cl2OS. The zero-order valence-electron chi connectivity index (χ0n) is 9.57. The number of phenols is 1. The monoisotopic (exact) mass is 298 g/mol. The Kier molecular flexibility index (Phi) is 4.81. The predicted molar refractivity (Wildman–Crippen MR) is 79.6 cm³/mol. The first-order valence-corrected chi connectivity index (χ1v) is 7.36. The first-order chi connectivity index (χ1) is 8.66. The van der Waals surface area contributed by atoms with E-state index in [1.807, 2.05) is 30.3 Å². The Morgan fingerprint density at radius 3 is 2.44 bits per heavy atom. The lowest BCUT2D eigenvalue weighted by molar-refractivity contribution is 0.475. The van der Waals surface area contributed by atoms with E-state index < -0.39 is 0 Å². The molecule has 0 aromatic heterocycles. The van der Waals surface area contributed by atoms with Crippen molar-refractivity contribution in [3.8, 4) is 5.75 Å². The van der Waals surface area contributed by atoms with E-state index in [1.54, 1.807) is 23.9 Å². The van der Waals surface area contributed by atoms with Crippen LogP contribution in [0.3, 0.4) is 0 Å². The highest BCUT2D eigenvalue weighted by Gasteiger charge is 2.02. The minimum absolute atomic E-state index is 0.122. The van der Waals surface area contributed by atoms with E-state index in [-0.39, 0.29) is 5.75 Å². The quantitative estimate of drug-likeness (QED) is 0.844. The number of thioether (sulfide) groups is 1. The SMILES string of the molecule is Oc1ccc(CSCc2ccccc2Cl)cc1Cl. The molecule has 94 valence electrons. The van der Waals surface area contributed by atoms with Crippen LogP contribution in [-0.4, -0.2) is 5.11 Å². The van der Waals surface area contributed by atoms with Crippen molar-refractivity contribution in [2.24, 2.45) is 0 Å². The Bertz CT molecular complexity index is 543. The molecular weight excluding hydrogens is 287 g/mol. The molecule has 0 radical (unpaired) electrons. The van der Waals surface area contributed by atoms with Crippen LogP contribution in [0.4, 0.5) is 0 Å². The van der Waals surface area contributed by atoms with E-state index in [1.165, 1.54) is 0 Å². The molecule has 1 N–H and O–H groups in total. The summed E-state index contributed by atoms with van der Waals surface area (Å²) in [5.74, 6) is 1.82. The molecule has 2 aromatic carbocycles. The fourth-order valence-electron chi connectivity index (χ4n) is 1.53. The minimum atomic E-state index is 0.122. The van der Waals surface area contributed by atoms with Crippen molar-refractivity contribution in [3.05, 3.63) is 63.6 Å². The molecule has 0 heterocycles. The van der Waals surface area contributed by atoms with Crippen LogP contribution in [0.1, 0.15) is 11.1 Å². The van der Waals surface area contributed by atoms with Gasteiger partial charge in [0.2, 0.25) is 0 Å². The second kappa shape index (κ2) is 6.37. The van der Waals surface area contributed by atoms with Crippen molar-refractivity contribution < 1.29 is 5.11 Å². The van der Waals surface area contributed by atoms with Crippen molar-refractivity contribution in [2.45, 2.75) is 11.5 Å². The van der Waals surface area contributed by atoms with E-state index in [2.05, 4.69) is 0 Å². The van der Waals surface area contributed by atoms with E-state index in [0.29, 0.717) is 5.02 Å². The van der Waals surface area contributed by atoms with Gasteiger partial charge in [0.1, 0.15) is 5.75 Å². The summed E-state index contributed by atoms with van der Waals surface area (Å²) in [5, 5.41) is 10.5. The summed E-state index contributed by atoms with van der Waals surface area (Å²) in [7, 11) is 0. The van der Waals surface area contributed by atoms with E-state index in [0.717, 1.165) is 27.7 Å². The van der Waals surface area contributed by atoms with Gasteiger partial charge in [-0.05, 0) is 29.3 Å². The van der Waals surface area contributed by atoms with Crippen molar-refractivity contribution >= 4 is 35.0 Å². The van der Waals surface area contributed by atoms with Crippen LogP contribution >= 0.6 is 35.0 Å². The molecule has 0 aliphatic rings. The topological polar surface area (TPSA) is 20.2 Å². The number of halogens is 2. The maximum atomic E-state index is 9.33. The Balaban J connectivity index is 1.92. The van der Waals surface area contributed by atoms with Crippen LogP contribution < -0.4 is 0 Å². The molecule has 4 heteroatoms. The fourth-order valence-corrected chi connectivity index (χ4v) is 3.01. The first-order valence-electron chi connectivity index (χ1n) is 5.45. The number of benzene rings is 2. The molecule has 0 aliphatic heterocycles. The highest BCUT2D eigenvalue weighted by atomic mass is 35.5. The summed E-state index contributed by atoms with van der Waals surface area (Å²) in [6, 6.07) is 13.1. The van der Waals surface area contributed by atoms with Crippen molar-refractivity contribution in [1.29, 1.82) is 0 Å². The number of phenolic OH excluding ortho intramolecular Hbond substituents is 1. The zero-order chi connectivity index (χ0) is 13.0. The summed E-state index contributed by atoms with van der Waals surface area (Å²) in [5.41, 5.74) is 2.23. The molecule has 2 aromatic rings. The maximum absolute atomic E-state index is 9.33. The molecule has 2 rings (SSSR count). The average Bonchev–Trinajstić information content (AvgIpc) is 2.36. The Morgan fingerprint density at radius 2 is 1.72 bits per heavy atom. The van der Waals surface area contributed by atoms with Gasteiger partial charge in [-0.1, -0.05) is 47.5 Å². The van der Waals surface area contributed by atoms with Crippen LogP contribution in [0.15, 0.2) is 42.5 Å². The van der Waals surface area contributed by atoms with Crippen LogP contribution in [0.25, 0.3) is 0 Å². The smallest absolute Gasteiger partial charge is 0.134 e. The van der Waals surface area contributed by atoms with Gasteiger partial charge in [-0.2, -0.15) is 11.8 Å². The number of rotatable bonds is 4. The molecule has 0 bridgehead atoms. The molecule has 18 heavy (non-hydrogen) atoms. The van der Waals surface area contributed by atoms with Crippen molar-refractivity contribution in [1.82, 2.24) is 0 Å². The van der Waals surface area contributed by atoms with Crippen LogP contribution in [-0.2, 0) is 11.5 Å². The van der Waals surface area contributed by atoms with Crippen molar-refractivity contribution in [2.75, 3.05) is 0 Å². The second-order valence-corrected chi connectivity index (χ2v) is 5.67. The Morgan fingerprint density at radius 1 is 0.944 bits per heavy atom. The molecule has 0 atom stereocenters. The van der Waals surface area contributed by atoms with E-state index in [4.69, 9.17) is 23.2 Å². The first kappa shape index (κ1) is 13.6. The van der Waals surface area contributed by atoms with Gasteiger partial charge in [-0.15, -0.1) is 0 Å². The maximum Gasteiger partial charge on any atom is 0.134 e. The van der Waals surface area contributed by atoms with Crippen molar-refractivity contribution in [3.63, 3.8) is 0 Å². The van der Waals surface area contributed by atoms with Crippen LogP contribution in [0.5, 0.6) is 5.75 Å². The highest BCUT2D eigenvalue weighted by molar-refractivity contribution is 7.97. The number of hydrogen-bond acceptors (Lipinski definition) is 2. The van der Waals surface area contributed by atoms with Gasteiger partial charge < -0.3 is 5.11 Å². The number of aromatic hydroxyl groups is 1. The summed E-state index contributed by atoms with van der Waals surface area (Å²) >= 11 is 13.7. The standard InChI is InChI=1S/C14H12Cl2OS/c15-12-4-2-1-3-11(12)9-18-8-10-5-6-14(17)13(16)7-10/h1-7,17H,8-9H2. The Labute approximate surface area is 121 Å². The van der Waals surface area contributed by atoms with Gasteiger partial charge in [-0.25, -0.2) is 0 Å². The van der Waals surface area contributed by atoms with E-state index >= 15 is 0 Å². The normalized spacial score (nSPS) is 10.6. The molecule has 0 saturated heterocycles. The minimum Gasteiger partial charge on any atom is -0.506 e. The molecule has 0 unspecified atom stereocenters. The van der Waals surface area contributed by atoms with E-state index in [9.17, 15) is 5.11 Å². The summed E-state index contributed by atoms with van der Waals surface area (Å²) in [4.78, 5) is 0. The summed E-state index contributed by atoms with van der Waals surface area (Å²) in [6.07, 6.45) is 0. The lowest BCUT2D eigenvalue weighted by Gasteiger charge is -2.05. The Hall–Kier alpha value is -0.830. The molecule has 0 aliphatic carbocycles. The zero-order valence-corrected chi connectivity index (χ0v) is 11.9. The van der Waals surface area contributed by atoms with Crippen LogP contribution in [0, 0.1) is 0 Å². The van der Waals surface area contributed by atoms with Gasteiger partial charge in [0.15, 0.2) is 0 Å². The van der Waals surface area contributed by atoms with Gasteiger partial charge >= 0.3 is 0 Å². The average molecular weight is 299 g/mol. The third-order valence-electron chi connectivity index (χ3n) is 2.50. The fraction of sp³-hybridized carbons (Fsp3) is 0.143. The predicted octanol–water partition coefficient (Wildman–Crippen LogP) is 5.13. The lowest BCUT2D eigenvalue weighted by atomic mass is 10.2. The largest absolute Gasteiger partial charge is 0.506 e. The molecule has 0 saturated carbocycles. The van der Waals surface area contributed by atoms with Gasteiger partial charge in [0, 0.05) is 16.5 Å². The molecule has 0 amide bonds. The van der Waals surface area contributed by atoms with Gasteiger partial charge in [0.05, 0.1) is 5.02 Å². The third kappa shape index (κ3) is 3.58. The molecule has 0 fully saturated rings. The summed E-state index contributed by atoms with van der Waals surface area (Å²) in [6.45, 7) is 0. The number of hydrogen-bond donors (Lipinski definition) is 1. The molecule has 1 nitrogen and oxygen atoms in total. The summed E-state index contributed by atoms with van der Waals surface area (Å²) < 4.78 is 0.